The molecule has 0 saturated carbocycles. The molecule has 2 amide bonds. The largest absolute Gasteiger partial charge is 0.449 e. The van der Waals surface area contributed by atoms with Crippen LogP contribution in [0, 0.1) is 0 Å². The molecule has 0 aliphatic heterocycles. The lowest BCUT2D eigenvalue weighted by atomic mass is 10.3. The fourth-order valence-electron chi connectivity index (χ4n) is 1.43. The van der Waals surface area contributed by atoms with Gasteiger partial charge in [-0.2, -0.15) is 4.98 Å². The molecule has 8 nitrogen and oxygen atoms in total. The number of ether oxygens (including phenoxy) is 1. The van der Waals surface area contributed by atoms with Crippen LogP contribution in [-0.2, 0) is 16.0 Å². The van der Waals surface area contributed by atoms with E-state index in [2.05, 4.69) is 25.7 Å². The van der Waals surface area contributed by atoms with Crippen molar-refractivity contribution in [3.8, 4) is 10.7 Å². The van der Waals surface area contributed by atoms with Crippen molar-refractivity contribution in [2.75, 3.05) is 6.61 Å². The highest BCUT2D eigenvalue weighted by atomic mass is 32.1. The summed E-state index contributed by atoms with van der Waals surface area (Å²) in [5, 5.41) is 5.75. The van der Waals surface area contributed by atoms with Gasteiger partial charge in [-0.05, 0) is 18.4 Å². The summed E-state index contributed by atoms with van der Waals surface area (Å²) in [4.78, 5) is 27.6. The highest BCUT2D eigenvalue weighted by Crippen LogP contribution is 2.21. The summed E-state index contributed by atoms with van der Waals surface area (Å²) in [5.74, 6) is 0.494. The molecule has 0 unspecified atom stereocenters. The maximum absolute atomic E-state index is 11.5. The number of rotatable bonds is 5. The summed E-state index contributed by atoms with van der Waals surface area (Å²) in [6.07, 6.45) is -0.309. The van der Waals surface area contributed by atoms with Crippen LogP contribution in [0.2, 0.25) is 0 Å². The van der Waals surface area contributed by atoms with Gasteiger partial charge in [0.25, 0.3) is 0 Å². The van der Waals surface area contributed by atoms with E-state index < -0.39 is 6.09 Å². The third-order valence-electron chi connectivity index (χ3n) is 2.35. The SMILES string of the molecule is CCOC(=O)NNC(=O)CCc1nc(-c2cccs2)no1. The van der Waals surface area contributed by atoms with Crippen molar-refractivity contribution in [1.82, 2.24) is 21.0 Å². The number of aromatic nitrogens is 2. The Morgan fingerprint density at radius 2 is 2.29 bits per heavy atom. The molecule has 2 aromatic rings. The minimum absolute atomic E-state index is 0.110. The fourth-order valence-corrected chi connectivity index (χ4v) is 2.08. The van der Waals surface area contributed by atoms with Gasteiger partial charge in [0, 0.05) is 12.8 Å². The molecule has 0 bridgehead atoms. The highest BCUT2D eigenvalue weighted by Gasteiger charge is 2.11. The first-order valence-corrected chi connectivity index (χ1v) is 7.15. The van der Waals surface area contributed by atoms with E-state index in [0.717, 1.165) is 4.88 Å². The number of hydrazine groups is 1. The summed E-state index contributed by atoms with van der Waals surface area (Å²) >= 11 is 1.50. The van der Waals surface area contributed by atoms with Gasteiger partial charge >= 0.3 is 6.09 Å². The Balaban J connectivity index is 1.75. The quantitative estimate of drug-likeness (QED) is 0.811. The first-order chi connectivity index (χ1) is 10.2. The Morgan fingerprint density at radius 3 is 3.00 bits per heavy atom. The molecule has 0 spiro atoms. The zero-order chi connectivity index (χ0) is 15.1. The van der Waals surface area contributed by atoms with Gasteiger partial charge in [0.2, 0.25) is 17.6 Å². The molecule has 0 radical (unpaired) electrons. The lowest BCUT2D eigenvalue weighted by Crippen LogP contribution is -2.42. The average molecular weight is 310 g/mol. The van der Waals surface area contributed by atoms with Gasteiger partial charge in [-0.1, -0.05) is 11.2 Å². The van der Waals surface area contributed by atoms with Gasteiger partial charge in [-0.3, -0.25) is 10.2 Å². The second-order valence-electron chi connectivity index (χ2n) is 3.88. The summed E-state index contributed by atoms with van der Waals surface area (Å²) in [5.41, 5.74) is 4.34. The zero-order valence-electron chi connectivity index (χ0n) is 11.3. The van der Waals surface area contributed by atoms with E-state index in [1.807, 2.05) is 17.5 Å². The van der Waals surface area contributed by atoms with Crippen LogP contribution in [-0.4, -0.2) is 28.7 Å². The molecule has 112 valence electrons. The molecule has 0 aliphatic rings. The average Bonchev–Trinajstić information content (AvgIpc) is 3.13. The smallest absolute Gasteiger partial charge is 0.426 e. The van der Waals surface area contributed by atoms with Crippen molar-refractivity contribution in [3.63, 3.8) is 0 Å². The number of hydrogen-bond acceptors (Lipinski definition) is 7. The lowest BCUT2D eigenvalue weighted by molar-refractivity contribution is -0.122. The van der Waals surface area contributed by atoms with E-state index >= 15 is 0 Å². The van der Waals surface area contributed by atoms with Crippen LogP contribution in [0.25, 0.3) is 10.7 Å². The number of carbonyl (C=O) groups excluding carboxylic acids is 2. The van der Waals surface area contributed by atoms with Crippen LogP contribution in [0.15, 0.2) is 22.0 Å². The summed E-state index contributed by atoms with van der Waals surface area (Å²) in [6, 6.07) is 3.78. The fraction of sp³-hybridized carbons (Fsp3) is 0.333. The first kappa shape index (κ1) is 15.0. The van der Waals surface area contributed by atoms with Crippen LogP contribution >= 0.6 is 11.3 Å². The number of hydrogen-bond donors (Lipinski definition) is 2. The molecule has 2 aromatic heterocycles. The lowest BCUT2D eigenvalue weighted by Gasteiger charge is -2.05. The summed E-state index contributed by atoms with van der Waals surface area (Å²) < 4.78 is 9.65. The number of thiophene rings is 1. The zero-order valence-corrected chi connectivity index (χ0v) is 12.1. The third kappa shape index (κ3) is 4.56. The topological polar surface area (TPSA) is 106 Å². The molecule has 0 saturated heterocycles. The Labute approximate surface area is 124 Å². The molecule has 2 rings (SSSR count). The molecule has 0 atom stereocenters. The molecule has 9 heteroatoms. The normalized spacial score (nSPS) is 10.1. The van der Waals surface area contributed by atoms with Gasteiger partial charge in [0.05, 0.1) is 11.5 Å². The predicted molar refractivity (Wildman–Crippen MR) is 74.2 cm³/mol. The minimum atomic E-state index is -0.705. The van der Waals surface area contributed by atoms with E-state index in [9.17, 15) is 9.59 Å². The maximum Gasteiger partial charge on any atom is 0.426 e. The van der Waals surface area contributed by atoms with Crippen LogP contribution in [0.5, 0.6) is 0 Å². The maximum atomic E-state index is 11.5. The molecule has 2 heterocycles. The van der Waals surface area contributed by atoms with Gasteiger partial charge in [0.15, 0.2) is 0 Å². The van der Waals surface area contributed by atoms with Crippen molar-refractivity contribution in [3.05, 3.63) is 23.4 Å². The van der Waals surface area contributed by atoms with Crippen molar-refractivity contribution in [2.24, 2.45) is 0 Å². The second-order valence-corrected chi connectivity index (χ2v) is 4.83. The van der Waals surface area contributed by atoms with Gasteiger partial charge in [-0.15, -0.1) is 11.3 Å². The Hall–Kier alpha value is -2.42. The van der Waals surface area contributed by atoms with Crippen molar-refractivity contribution < 1.29 is 18.8 Å². The summed E-state index contributed by atoms with van der Waals surface area (Å²) in [6.45, 7) is 1.90. The van der Waals surface area contributed by atoms with Gasteiger partial charge < -0.3 is 9.26 Å². The Bertz CT molecular complexity index is 596. The van der Waals surface area contributed by atoms with Gasteiger partial charge in [-0.25, -0.2) is 10.2 Å². The van der Waals surface area contributed by atoms with Gasteiger partial charge in [0.1, 0.15) is 0 Å². The van der Waals surface area contributed by atoms with E-state index in [0.29, 0.717) is 11.7 Å². The Kier molecular flexibility index (Phi) is 5.27. The van der Waals surface area contributed by atoms with Crippen LogP contribution in [0.1, 0.15) is 19.2 Å². The molecule has 0 aliphatic carbocycles. The number of carbonyl (C=O) groups is 2. The van der Waals surface area contributed by atoms with E-state index in [-0.39, 0.29) is 25.4 Å². The van der Waals surface area contributed by atoms with Crippen molar-refractivity contribution in [2.45, 2.75) is 19.8 Å². The Morgan fingerprint density at radius 1 is 1.43 bits per heavy atom. The van der Waals surface area contributed by atoms with Crippen LogP contribution in [0.4, 0.5) is 4.79 Å². The number of aryl methyl sites for hydroxylation is 1. The predicted octanol–water partition coefficient (Wildman–Crippen LogP) is 1.51. The van der Waals surface area contributed by atoms with Crippen molar-refractivity contribution in [1.29, 1.82) is 0 Å². The molecule has 0 aromatic carbocycles. The summed E-state index contributed by atoms with van der Waals surface area (Å²) in [7, 11) is 0. The van der Waals surface area contributed by atoms with Crippen LogP contribution in [0.3, 0.4) is 0 Å². The van der Waals surface area contributed by atoms with Crippen LogP contribution < -0.4 is 10.9 Å². The van der Waals surface area contributed by atoms with Crippen molar-refractivity contribution >= 4 is 23.3 Å². The monoisotopic (exact) mass is 310 g/mol. The highest BCUT2D eigenvalue weighted by molar-refractivity contribution is 7.13. The first-order valence-electron chi connectivity index (χ1n) is 6.27. The standard InChI is InChI=1S/C12H14N4O4S/c1-2-19-12(18)15-14-9(17)5-6-10-13-11(16-20-10)8-4-3-7-21-8/h3-4,7H,2,5-6H2,1H3,(H,14,17)(H,15,18). The molecular formula is C12H14N4O4S. The molecular weight excluding hydrogens is 296 g/mol. The molecule has 2 N–H and O–H groups in total. The molecule has 0 fully saturated rings. The number of nitrogens with one attached hydrogen (secondary N) is 2. The van der Waals surface area contributed by atoms with E-state index in [1.54, 1.807) is 6.92 Å². The number of nitrogens with zero attached hydrogens (tertiary/aromatic N) is 2. The van der Waals surface area contributed by atoms with E-state index in [1.165, 1.54) is 11.3 Å². The molecule has 21 heavy (non-hydrogen) atoms. The third-order valence-corrected chi connectivity index (χ3v) is 3.22. The minimum Gasteiger partial charge on any atom is -0.449 e. The van der Waals surface area contributed by atoms with E-state index in [4.69, 9.17) is 4.52 Å². The second kappa shape index (κ2) is 7.39. The number of amides is 2.